The topological polar surface area (TPSA) is 30.5 Å². The zero-order valence-electron chi connectivity index (χ0n) is 15.0. The maximum atomic E-state index is 6.22. The van der Waals surface area contributed by atoms with E-state index in [2.05, 4.69) is 21.2 Å². The molecule has 0 fully saturated rings. The van der Waals surface area contributed by atoms with Crippen molar-refractivity contribution in [2.75, 3.05) is 11.9 Å². The van der Waals surface area contributed by atoms with Crippen molar-refractivity contribution < 1.29 is 9.47 Å². The highest BCUT2D eigenvalue weighted by Crippen LogP contribution is 2.38. The molecule has 27 heavy (non-hydrogen) atoms. The number of halogens is 2. The van der Waals surface area contributed by atoms with E-state index in [1.807, 2.05) is 73.7 Å². The van der Waals surface area contributed by atoms with Gasteiger partial charge in [0.2, 0.25) is 0 Å². The molecule has 0 unspecified atom stereocenters. The number of hydrogen-bond donors (Lipinski definition) is 1. The molecular formula is C22H21BrClNO2. The van der Waals surface area contributed by atoms with Crippen LogP contribution in [0.5, 0.6) is 11.5 Å². The standard InChI is InChI=1S/C22H21BrClNO2/c1-2-26-21-13-16(14-25-18-9-4-3-5-10-18)12-19(23)22(21)27-15-17-8-6-7-11-20(17)24/h3-13,25H,2,14-15H2,1H3. The number of ether oxygens (including phenoxy) is 2. The molecule has 0 bridgehead atoms. The van der Waals surface area contributed by atoms with Crippen LogP contribution >= 0.6 is 27.5 Å². The van der Waals surface area contributed by atoms with Crippen molar-refractivity contribution in [2.45, 2.75) is 20.1 Å². The van der Waals surface area contributed by atoms with Gasteiger partial charge in [-0.3, -0.25) is 0 Å². The number of hydrogen-bond acceptors (Lipinski definition) is 3. The van der Waals surface area contributed by atoms with Crippen LogP contribution in [0.4, 0.5) is 5.69 Å². The fraction of sp³-hybridized carbons (Fsp3) is 0.182. The van der Waals surface area contributed by atoms with Crippen molar-refractivity contribution in [3.8, 4) is 11.5 Å². The van der Waals surface area contributed by atoms with Gasteiger partial charge in [-0.25, -0.2) is 0 Å². The molecule has 0 heterocycles. The van der Waals surface area contributed by atoms with Crippen LogP contribution in [-0.2, 0) is 13.2 Å². The third-order valence-corrected chi connectivity index (χ3v) is 4.93. The zero-order chi connectivity index (χ0) is 19.1. The number of rotatable bonds is 8. The Labute approximate surface area is 173 Å². The highest BCUT2D eigenvalue weighted by atomic mass is 79.9. The predicted octanol–water partition coefficient (Wildman–Crippen LogP) is 6.69. The maximum absolute atomic E-state index is 6.22. The van der Waals surface area contributed by atoms with Crippen LogP contribution < -0.4 is 14.8 Å². The van der Waals surface area contributed by atoms with Crippen LogP contribution in [0.3, 0.4) is 0 Å². The van der Waals surface area contributed by atoms with Gasteiger partial charge >= 0.3 is 0 Å². The minimum atomic E-state index is 0.375. The summed E-state index contributed by atoms with van der Waals surface area (Å²) in [5.74, 6) is 1.39. The zero-order valence-corrected chi connectivity index (χ0v) is 17.4. The van der Waals surface area contributed by atoms with E-state index in [1.165, 1.54) is 0 Å². The van der Waals surface area contributed by atoms with Crippen LogP contribution in [0, 0.1) is 0 Å². The first-order chi connectivity index (χ1) is 13.2. The summed E-state index contributed by atoms with van der Waals surface area (Å²) in [6.07, 6.45) is 0. The van der Waals surface area contributed by atoms with Gasteiger partial charge in [0.1, 0.15) is 6.61 Å². The van der Waals surface area contributed by atoms with Gasteiger partial charge in [0, 0.05) is 22.8 Å². The summed E-state index contributed by atoms with van der Waals surface area (Å²) in [4.78, 5) is 0. The minimum absolute atomic E-state index is 0.375. The molecule has 0 amide bonds. The lowest BCUT2D eigenvalue weighted by Gasteiger charge is -2.16. The highest BCUT2D eigenvalue weighted by molar-refractivity contribution is 9.10. The van der Waals surface area contributed by atoms with Crippen molar-refractivity contribution in [2.24, 2.45) is 0 Å². The lowest BCUT2D eigenvalue weighted by Crippen LogP contribution is -2.04. The second-order valence-electron chi connectivity index (χ2n) is 5.94. The Morgan fingerprint density at radius 1 is 0.963 bits per heavy atom. The summed E-state index contributed by atoms with van der Waals surface area (Å²) >= 11 is 9.85. The van der Waals surface area contributed by atoms with E-state index >= 15 is 0 Å². The normalized spacial score (nSPS) is 10.5. The molecule has 0 saturated heterocycles. The fourth-order valence-corrected chi connectivity index (χ4v) is 3.45. The van der Waals surface area contributed by atoms with E-state index in [4.69, 9.17) is 21.1 Å². The van der Waals surface area contributed by atoms with E-state index < -0.39 is 0 Å². The van der Waals surface area contributed by atoms with E-state index in [0.29, 0.717) is 36.3 Å². The Morgan fingerprint density at radius 3 is 2.44 bits per heavy atom. The van der Waals surface area contributed by atoms with Crippen LogP contribution in [0.25, 0.3) is 0 Å². The molecular weight excluding hydrogens is 426 g/mol. The van der Waals surface area contributed by atoms with Gasteiger partial charge in [0.05, 0.1) is 11.1 Å². The van der Waals surface area contributed by atoms with Crippen LogP contribution in [-0.4, -0.2) is 6.61 Å². The van der Waals surface area contributed by atoms with Gasteiger partial charge < -0.3 is 14.8 Å². The molecule has 3 rings (SSSR count). The minimum Gasteiger partial charge on any atom is -0.490 e. The fourth-order valence-electron chi connectivity index (χ4n) is 2.65. The number of nitrogens with one attached hydrogen (secondary N) is 1. The number of benzene rings is 3. The number of para-hydroxylation sites is 1. The smallest absolute Gasteiger partial charge is 0.175 e. The van der Waals surface area contributed by atoms with Gasteiger partial charge in [-0.2, -0.15) is 0 Å². The van der Waals surface area contributed by atoms with Gasteiger partial charge in [0.15, 0.2) is 11.5 Å². The van der Waals surface area contributed by atoms with Crippen molar-refractivity contribution in [3.63, 3.8) is 0 Å². The molecule has 0 aliphatic heterocycles. The van der Waals surface area contributed by atoms with Crippen molar-refractivity contribution >= 4 is 33.2 Å². The van der Waals surface area contributed by atoms with Crippen LogP contribution in [0.15, 0.2) is 71.2 Å². The third kappa shape index (κ3) is 5.41. The summed E-state index contributed by atoms with van der Waals surface area (Å²) in [7, 11) is 0. The van der Waals surface area contributed by atoms with Crippen molar-refractivity contribution in [1.29, 1.82) is 0 Å². The maximum Gasteiger partial charge on any atom is 0.175 e. The molecule has 0 aliphatic carbocycles. The summed E-state index contributed by atoms with van der Waals surface area (Å²) in [6.45, 7) is 3.58. The lowest BCUT2D eigenvalue weighted by molar-refractivity contribution is 0.267. The summed E-state index contributed by atoms with van der Waals surface area (Å²) in [5, 5.41) is 4.10. The first-order valence-corrected chi connectivity index (χ1v) is 9.95. The largest absolute Gasteiger partial charge is 0.490 e. The summed E-state index contributed by atoms with van der Waals surface area (Å²) in [6, 6.07) is 21.8. The Balaban J connectivity index is 1.76. The Bertz CT molecular complexity index is 887. The third-order valence-electron chi connectivity index (χ3n) is 3.97. The molecule has 3 aromatic carbocycles. The molecule has 5 heteroatoms. The SMILES string of the molecule is CCOc1cc(CNc2ccccc2)cc(Br)c1OCc1ccccc1Cl. The summed E-state index contributed by atoms with van der Waals surface area (Å²) in [5.41, 5.74) is 3.10. The number of anilines is 1. The summed E-state index contributed by atoms with van der Waals surface area (Å²) < 4.78 is 12.7. The van der Waals surface area contributed by atoms with Crippen LogP contribution in [0.1, 0.15) is 18.1 Å². The molecule has 0 atom stereocenters. The Morgan fingerprint density at radius 2 is 1.70 bits per heavy atom. The molecule has 0 aromatic heterocycles. The monoisotopic (exact) mass is 445 g/mol. The van der Waals surface area contributed by atoms with E-state index in [9.17, 15) is 0 Å². The molecule has 0 spiro atoms. The van der Waals surface area contributed by atoms with Crippen molar-refractivity contribution in [1.82, 2.24) is 0 Å². The van der Waals surface area contributed by atoms with Gasteiger partial charge in [-0.05, 0) is 58.7 Å². The molecule has 140 valence electrons. The predicted molar refractivity (Wildman–Crippen MR) is 115 cm³/mol. The first-order valence-electron chi connectivity index (χ1n) is 8.77. The van der Waals surface area contributed by atoms with Gasteiger partial charge in [-0.1, -0.05) is 48.0 Å². The molecule has 3 nitrogen and oxygen atoms in total. The molecule has 0 aliphatic rings. The van der Waals surface area contributed by atoms with E-state index in [0.717, 1.165) is 21.3 Å². The molecule has 0 saturated carbocycles. The van der Waals surface area contributed by atoms with Gasteiger partial charge in [0.25, 0.3) is 0 Å². The average molecular weight is 447 g/mol. The Kier molecular flexibility index (Phi) is 7.02. The van der Waals surface area contributed by atoms with Crippen LogP contribution in [0.2, 0.25) is 5.02 Å². The quantitative estimate of drug-likeness (QED) is 0.418. The van der Waals surface area contributed by atoms with Gasteiger partial charge in [-0.15, -0.1) is 0 Å². The highest BCUT2D eigenvalue weighted by Gasteiger charge is 2.13. The Hall–Kier alpha value is -2.17. The molecule has 0 radical (unpaired) electrons. The average Bonchev–Trinajstić information content (AvgIpc) is 2.68. The second kappa shape index (κ2) is 9.67. The lowest BCUT2D eigenvalue weighted by atomic mass is 10.2. The first kappa shape index (κ1) is 19.6. The van der Waals surface area contributed by atoms with Crippen molar-refractivity contribution in [3.05, 3.63) is 87.4 Å². The molecule has 1 N–H and O–H groups in total. The second-order valence-corrected chi connectivity index (χ2v) is 7.20. The molecule has 3 aromatic rings. The van der Waals surface area contributed by atoms with E-state index in [-0.39, 0.29) is 0 Å². The van der Waals surface area contributed by atoms with E-state index in [1.54, 1.807) is 0 Å².